The lowest BCUT2D eigenvalue weighted by Crippen LogP contribution is -2.01. The molecule has 0 aliphatic rings. The van der Waals surface area contributed by atoms with Gasteiger partial charge in [-0.15, -0.1) is 0 Å². The van der Waals surface area contributed by atoms with Crippen LogP contribution in [0.15, 0.2) is 54.6 Å². The van der Waals surface area contributed by atoms with Gasteiger partial charge in [-0.1, -0.05) is 48.5 Å². The number of benzene rings is 3. The number of hydrogen-bond acceptors (Lipinski definition) is 2. The van der Waals surface area contributed by atoms with Gasteiger partial charge in [-0.25, -0.2) is 0 Å². The van der Waals surface area contributed by atoms with E-state index in [-0.39, 0.29) is 0 Å². The highest BCUT2D eigenvalue weighted by Crippen LogP contribution is 2.34. The van der Waals surface area contributed by atoms with E-state index < -0.39 is 0 Å². The summed E-state index contributed by atoms with van der Waals surface area (Å²) in [4.78, 5) is 0. The van der Waals surface area contributed by atoms with Crippen molar-refractivity contribution in [1.82, 2.24) is 0 Å². The van der Waals surface area contributed by atoms with Crippen molar-refractivity contribution in [1.29, 1.82) is 0 Å². The van der Waals surface area contributed by atoms with Gasteiger partial charge in [0.2, 0.25) is 0 Å². The first-order valence-corrected chi connectivity index (χ1v) is 5.43. The average Bonchev–Trinajstić information content (AvgIpc) is 2.39. The van der Waals surface area contributed by atoms with Crippen molar-refractivity contribution < 1.29 is 9.68 Å². The van der Waals surface area contributed by atoms with Gasteiger partial charge in [-0.2, -0.15) is 0 Å². The summed E-state index contributed by atoms with van der Waals surface area (Å²) in [5.41, 5.74) is 0. The Bertz CT molecular complexity index is 625. The van der Waals surface area contributed by atoms with E-state index in [0.717, 1.165) is 29.2 Å². The lowest BCUT2D eigenvalue weighted by Gasteiger charge is -2.10. The van der Waals surface area contributed by atoms with Crippen LogP contribution in [0.5, 0.6) is 5.75 Å². The fraction of sp³-hybridized carbons (Fsp3) is 0. The monoisotopic (exact) mass is 221 g/mol. The smallest absolute Gasteiger partial charge is 0.537 e. The summed E-state index contributed by atoms with van der Waals surface area (Å²) >= 11 is 0. The maximum absolute atomic E-state index is 8.89. The highest BCUT2D eigenvalue weighted by atomic mass is 16.5. The molecule has 17 heavy (non-hydrogen) atoms. The Morgan fingerprint density at radius 2 is 1.35 bits per heavy atom. The second kappa shape index (κ2) is 4.11. The molecule has 3 aromatic rings. The zero-order valence-corrected chi connectivity index (χ0v) is 9.13. The van der Waals surface area contributed by atoms with E-state index in [2.05, 4.69) is 6.07 Å². The molecule has 0 saturated carbocycles. The molecule has 1 radical (unpaired) electrons. The van der Waals surface area contributed by atoms with Crippen LogP contribution in [0, 0.1) is 0 Å². The molecule has 0 aliphatic carbocycles. The van der Waals surface area contributed by atoms with E-state index in [4.69, 9.17) is 9.68 Å². The van der Waals surface area contributed by atoms with E-state index in [1.165, 1.54) is 0 Å². The van der Waals surface area contributed by atoms with Crippen molar-refractivity contribution in [2.75, 3.05) is 0 Å². The molecule has 0 amide bonds. The lowest BCUT2D eigenvalue weighted by molar-refractivity contribution is 0.459. The molecule has 3 heteroatoms. The largest absolute Gasteiger partial charge is 0.569 e. The Kier molecular flexibility index (Phi) is 2.46. The number of hydrogen-bond donors (Lipinski definition) is 1. The molecule has 1 N–H and O–H groups in total. The van der Waals surface area contributed by atoms with Crippen molar-refractivity contribution in [3.8, 4) is 5.75 Å². The molecule has 0 fully saturated rings. The van der Waals surface area contributed by atoms with Crippen LogP contribution in [0.1, 0.15) is 0 Å². The van der Waals surface area contributed by atoms with Crippen LogP contribution in [0.2, 0.25) is 0 Å². The first kappa shape index (κ1) is 10.2. The normalized spacial score (nSPS) is 10.6. The molecule has 0 bridgehead atoms. The fourth-order valence-corrected chi connectivity index (χ4v) is 2.15. The summed E-state index contributed by atoms with van der Waals surface area (Å²) < 4.78 is 5.26. The third-order valence-corrected chi connectivity index (χ3v) is 2.89. The third-order valence-electron chi connectivity index (χ3n) is 2.89. The van der Waals surface area contributed by atoms with Crippen molar-refractivity contribution in [2.24, 2.45) is 0 Å². The van der Waals surface area contributed by atoms with Gasteiger partial charge in [0, 0.05) is 10.8 Å². The van der Waals surface area contributed by atoms with Gasteiger partial charge in [0.1, 0.15) is 5.75 Å². The molecular weight excluding hydrogens is 211 g/mol. The quantitative estimate of drug-likeness (QED) is 0.532. The Labute approximate surface area is 99.8 Å². The maximum atomic E-state index is 8.89. The van der Waals surface area contributed by atoms with Crippen molar-refractivity contribution in [3.05, 3.63) is 54.6 Å². The summed E-state index contributed by atoms with van der Waals surface area (Å²) in [5.74, 6) is 0.696. The maximum Gasteiger partial charge on any atom is 0.569 e. The molecule has 81 valence electrons. The zero-order chi connectivity index (χ0) is 11.7. The van der Waals surface area contributed by atoms with E-state index in [9.17, 15) is 0 Å². The topological polar surface area (TPSA) is 29.5 Å². The molecule has 0 unspecified atom stereocenters. The molecule has 2 nitrogen and oxygen atoms in total. The summed E-state index contributed by atoms with van der Waals surface area (Å²) in [6.07, 6.45) is 0. The average molecular weight is 221 g/mol. The summed E-state index contributed by atoms with van der Waals surface area (Å²) in [6, 6.07) is 18.1. The van der Waals surface area contributed by atoms with Crippen molar-refractivity contribution in [3.63, 3.8) is 0 Å². The fourth-order valence-electron chi connectivity index (χ4n) is 2.15. The Balaban J connectivity index is 2.47. The van der Waals surface area contributed by atoms with Crippen LogP contribution in [0.3, 0.4) is 0 Å². The van der Waals surface area contributed by atoms with E-state index in [1.807, 2.05) is 48.5 Å². The van der Waals surface area contributed by atoms with Gasteiger partial charge in [0.15, 0.2) is 0 Å². The van der Waals surface area contributed by atoms with Crippen LogP contribution in [-0.2, 0) is 0 Å². The second-order valence-electron chi connectivity index (χ2n) is 3.87. The van der Waals surface area contributed by atoms with Gasteiger partial charge in [0.25, 0.3) is 0 Å². The van der Waals surface area contributed by atoms with Gasteiger partial charge >= 0.3 is 7.69 Å². The highest BCUT2D eigenvalue weighted by Gasteiger charge is 2.08. The summed E-state index contributed by atoms with van der Waals surface area (Å²) in [7, 11) is 0.730. The molecule has 0 spiro atoms. The van der Waals surface area contributed by atoms with Gasteiger partial charge in [-0.3, -0.25) is 0 Å². The first-order chi connectivity index (χ1) is 8.40. The van der Waals surface area contributed by atoms with E-state index >= 15 is 0 Å². The van der Waals surface area contributed by atoms with Gasteiger partial charge < -0.3 is 9.68 Å². The SMILES string of the molecule is O[B]Oc1c2ccccc2cc2ccccc12. The molecular formula is C14H10BO2. The molecule has 0 saturated heterocycles. The van der Waals surface area contributed by atoms with Crippen molar-refractivity contribution >= 4 is 29.2 Å². The van der Waals surface area contributed by atoms with Crippen LogP contribution in [-0.4, -0.2) is 12.7 Å². The summed E-state index contributed by atoms with van der Waals surface area (Å²) in [6.45, 7) is 0. The molecule has 3 rings (SSSR count). The van der Waals surface area contributed by atoms with Crippen LogP contribution >= 0.6 is 0 Å². The second-order valence-corrected chi connectivity index (χ2v) is 3.87. The first-order valence-electron chi connectivity index (χ1n) is 5.43. The molecule has 3 aromatic carbocycles. The zero-order valence-electron chi connectivity index (χ0n) is 9.13. The minimum Gasteiger partial charge on any atom is -0.537 e. The van der Waals surface area contributed by atoms with Crippen molar-refractivity contribution in [2.45, 2.75) is 0 Å². The molecule has 0 heterocycles. The number of fused-ring (bicyclic) bond motifs is 2. The Hall–Kier alpha value is -2.00. The Morgan fingerprint density at radius 1 is 0.824 bits per heavy atom. The van der Waals surface area contributed by atoms with Crippen LogP contribution in [0.4, 0.5) is 0 Å². The minimum atomic E-state index is 0.696. The number of rotatable bonds is 2. The van der Waals surface area contributed by atoms with Gasteiger partial charge in [0.05, 0.1) is 0 Å². The van der Waals surface area contributed by atoms with Crippen LogP contribution < -0.4 is 4.65 Å². The minimum absolute atomic E-state index is 0.696. The predicted octanol–water partition coefficient (Wildman–Crippen LogP) is 2.90. The van der Waals surface area contributed by atoms with Gasteiger partial charge in [-0.05, 0) is 16.8 Å². The lowest BCUT2D eigenvalue weighted by atomic mass is 10.0. The molecule has 0 atom stereocenters. The van der Waals surface area contributed by atoms with E-state index in [1.54, 1.807) is 0 Å². The molecule has 0 aliphatic heterocycles. The third kappa shape index (κ3) is 1.65. The molecule has 0 aromatic heterocycles. The van der Waals surface area contributed by atoms with E-state index in [0.29, 0.717) is 5.75 Å². The predicted molar refractivity (Wildman–Crippen MR) is 70.1 cm³/mol. The summed E-state index contributed by atoms with van der Waals surface area (Å²) in [5, 5.41) is 13.1. The highest BCUT2D eigenvalue weighted by molar-refractivity contribution is 6.20. The Morgan fingerprint density at radius 3 is 1.88 bits per heavy atom. The standard InChI is InChI=1S/C14H10BO2/c16-15-17-14-12-7-3-1-5-10(12)9-11-6-2-4-8-13(11)14/h1-9,16H. The van der Waals surface area contributed by atoms with Crippen LogP contribution in [0.25, 0.3) is 21.5 Å².